The van der Waals surface area contributed by atoms with Gasteiger partial charge in [-0.3, -0.25) is 0 Å². The van der Waals surface area contributed by atoms with Crippen LogP contribution in [0.4, 0.5) is 0 Å². The second-order valence-corrected chi connectivity index (χ2v) is 16.4. The van der Waals surface area contributed by atoms with Crippen molar-refractivity contribution < 1.29 is 14.3 Å². The zero-order chi connectivity index (χ0) is 33.3. The third-order valence-electron chi connectivity index (χ3n) is 10.5. The molecule has 0 heterocycles. The van der Waals surface area contributed by atoms with Gasteiger partial charge in [0.15, 0.2) is 0 Å². The van der Waals surface area contributed by atoms with E-state index in [1.54, 1.807) is 0 Å². The molecule has 3 nitrogen and oxygen atoms in total. The number of hydrogen-bond donors (Lipinski definition) is 2. The summed E-state index contributed by atoms with van der Waals surface area (Å²) in [6.45, 7) is 11.3. The van der Waals surface area contributed by atoms with E-state index >= 15 is 0 Å². The predicted molar refractivity (Wildman–Crippen MR) is 203 cm³/mol. The third-order valence-corrected chi connectivity index (χ3v) is 11.0. The molecule has 0 fully saturated rings. The standard InChI is InChI=1S/C41H85O3P/c1-6-8-10-12-14-16-18-20-22-24-26-28-30-32-34-36-38-41(40(3,4)5,44-45(42)43)39-37-35-33-31-29-27-25-23-21-19-17-15-13-11-9-7-2/h42-43H,6-39H2,1-5H3. The van der Waals surface area contributed by atoms with Crippen molar-refractivity contribution in [1.29, 1.82) is 0 Å². The lowest BCUT2D eigenvalue weighted by Gasteiger charge is -2.45. The molecule has 2 N–H and O–H groups in total. The van der Waals surface area contributed by atoms with Crippen molar-refractivity contribution in [3.05, 3.63) is 0 Å². The van der Waals surface area contributed by atoms with E-state index in [2.05, 4.69) is 34.6 Å². The minimum Gasteiger partial charge on any atom is -0.328 e. The van der Waals surface area contributed by atoms with Crippen LogP contribution in [0.15, 0.2) is 0 Å². The Balaban J connectivity index is 3.98. The average Bonchev–Trinajstić information content (AvgIpc) is 2.99. The fourth-order valence-electron chi connectivity index (χ4n) is 7.18. The Kier molecular flexibility index (Phi) is 33.1. The van der Waals surface area contributed by atoms with Crippen LogP contribution >= 0.6 is 8.60 Å². The van der Waals surface area contributed by atoms with Crippen molar-refractivity contribution in [2.45, 2.75) is 259 Å². The Bertz CT molecular complexity index is 538. The van der Waals surface area contributed by atoms with Crippen LogP contribution in [0.5, 0.6) is 0 Å². The van der Waals surface area contributed by atoms with Crippen LogP contribution in [0.25, 0.3) is 0 Å². The van der Waals surface area contributed by atoms with Gasteiger partial charge in [-0.25, -0.2) is 0 Å². The summed E-state index contributed by atoms with van der Waals surface area (Å²) in [5.41, 5.74) is -0.543. The molecule has 0 aromatic rings. The Labute approximate surface area is 286 Å². The van der Waals surface area contributed by atoms with Crippen molar-refractivity contribution >= 4 is 8.60 Å². The van der Waals surface area contributed by atoms with Crippen LogP contribution in [0.3, 0.4) is 0 Å². The maximum Gasteiger partial charge on any atom is 0.327 e. The molecule has 0 aliphatic rings. The SMILES string of the molecule is CCCCCCCCCCCCCCCCCCC(CCCCCCCCCCCCCCCCCC)(OP(O)O)C(C)(C)C. The lowest BCUT2D eigenvalue weighted by Crippen LogP contribution is -2.44. The molecule has 0 bridgehead atoms. The molecule has 0 atom stereocenters. The maximum absolute atomic E-state index is 9.92. The van der Waals surface area contributed by atoms with Crippen molar-refractivity contribution in [2.75, 3.05) is 0 Å². The molecular weight excluding hydrogens is 571 g/mol. The minimum absolute atomic E-state index is 0.107. The van der Waals surface area contributed by atoms with Gasteiger partial charge in [-0.2, -0.15) is 0 Å². The van der Waals surface area contributed by atoms with Gasteiger partial charge in [0.05, 0.1) is 5.60 Å². The second kappa shape index (κ2) is 32.8. The Hall–Kier alpha value is 0.310. The van der Waals surface area contributed by atoms with Gasteiger partial charge in [0.25, 0.3) is 0 Å². The summed E-state index contributed by atoms with van der Waals surface area (Å²) < 4.78 is 6.03. The van der Waals surface area contributed by atoms with Crippen LogP contribution in [0.1, 0.15) is 253 Å². The van der Waals surface area contributed by atoms with Crippen molar-refractivity contribution in [1.82, 2.24) is 0 Å². The lowest BCUT2D eigenvalue weighted by atomic mass is 9.70. The highest BCUT2D eigenvalue weighted by Crippen LogP contribution is 2.49. The van der Waals surface area contributed by atoms with Crippen LogP contribution in [-0.2, 0) is 4.52 Å². The molecule has 0 aromatic heterocycles. The molecule has 0 rings (SSSR count). The van der Waals surface area contributed by atoms with Crippen molar-refractivity contribution in [3.8, 4) is 0 Å². The number of rotatable bonds is 36. The Morgan fingerprint density at radius 3 is 0.733 bits per heavy atom. The molecule has 0 unspecified atom stereocenters. The Morgan fingerprint density at radius 1 is 0.356 bits per heavy atom. The van der Waals surface area contributed by atoms with E-state index in [4.69, 9.17) is 4.52 Å². The molecule has 0 aliphatic heterocycles. The lowest BCUT2D eigenvalue weighted by molar-refractivity contribution is -0.0579. The molecule has 272 valence electrons. The van der Waals surface area contributed by atoms with Crippen LogP contribution in [-0.4, -0.2) is 15.4 Å². The summed E-state index contributed by atoms with van der Waals surface area (Å²) in [5.74, 6) is 0. The van der Waals surface area contributed by atoms with Gasteiger partial charge in [0.1, 0.15) is 0 Å². The predicted octanol–water partition coefficient (Wildman–Crippen LogP) is 15.3. The number of hydrogen-bond acceptors (Lipinski definition) is 3. The summed E-state index contributed by atoms with van der Waals surface area (Å²) in [4.78, 5) is 19.8. The van der Waals surface area contributed by atoms with Crippen LogP contribution in [0, 0.1) is 5.41 Å². The second-order valence-electron chi connectivity index (χ2n) is 15.7. The monoisotopic (exact) mass is 657 g/mol. The van der Waals surface area contributed by atoms with Crippen LogP contribution < -0.4 is 0 Å². The van der Waals surface area contributed by atoms with Gasteiger partial charge >= 0.3 is 8.60 Å². The molecular formula is C41H85O3P. The zero-order valence-corrected chi connectivity index (χ0v) is 32.7. The van der Waals surface area contributed by atoms with Gasteiger partial charge in [-0.1, -0.05) is 240 Å². The molecule has 0 aliphatic carbocycles. The van der Waals surface area contributed by atoms with Crippen molar-refractivity contribution in [2.24, 2.45) is 5.41 Å². The summed E-state index contributed by atoms with van der Waals surface area (Å²) in [5, 5.41) is 0. The summed E-state index contributed by atoms with van der Waals surface area (Å²) in [6.07, 6.45) is 45.8. The molecule has 0 aromatic carbocycles. The molecule has 0 spiro atoms. The van der Waals surface area contributed by atoms with Crippen LogP contribution in [0.2, 0.25) is 0 Å². The first-order valence-corrected chi connectivity index (χ1v) is 21.8. The number of unbranched alkanes of at least 4 members (excludes halogenated alkanes) is 30. The molecule has 0 amide bonds. The highest BCUT2D eigenvalue weighted by atomic mass is 31.2. The van der Waals surface area contributed by atoms with E-state index in [0.29, 0.717) is 0 Å². The first-order chi connectivity index (χ1) is 21.8. The first kappa shape index (κ1) is 45.3. The van der Waals surface area contributed by atoms with E-state index in [0.717, 1.165) is 25.7 Å². The van der Waals surface area contributed by atoms with E-state index < -0.39 is 14.2 Å². The van der Waals surface area contributed by atoms with E-state index in [9.17, 15) is 9.79 Å². The van der Waals surface area contributed by atoms with E-state index in [-0.39, 0.29) is 5.41 Å². The van der Waals surface area contributed by atoms with E-state index in [1.807, 2.05) is 0 Å². The first-order valence-electron chi connectivity index (χ1n) is 20.7. The molecule has 45 heavy (non-hydrogen) atoms. The topological polar surface area (TPSA) is 49.7 Å². The molecule has 0 saturated heterocycles. The largest absolute Gasteiger partial charge is 0.328 e. The van der Waals surface area contributed by atoms with Gasteiger partial charge < -0.3 is 14.3 Å². The zero-order valence-electron chi connectivity index (χ0n) is 31.8. The van der Waals surface area contributed by atoms with Crippen molar-refractivity contribution in [3.63, 3.8) is 0 Å². The molecule has 0 radical (unpaired) electrons. The van der Waals surface area contributed by atoms with Gasteiger partial charge in [0, 0.05) is 0 Å². The summed E-state index contributed by atoms with van der Waals surface area (Å²) in [7, 11) is -2.34. The summed E-state index contributed by atoms with van der Waals surface area (Å²) in [6, 6.07) is 0. The minimum atomic E-state index is -2.34. The Morgan fingerprint density at radius 2 is 0.556 bits per heavy atom. The van der Waals surface area contributed by atoms with Gasteiger partial charge in [-0.15, -0.1) is 0 Å². The van der Waals surface area contributed by atoms with Gasteiger partial charge in [0.2, 0.25) is 0 Å². The quantitative estimate of drug-likeness (QED) is 0.0521. The highest BCUT2D eigenvalue weighted by Gasteiger charge is 2.44. The fraction of sp³-hybridized carbons (Fsp3) is 1.00. The normalized spacial score (nSPS) is 12.5. The fourth-order valence-corrected chi connectivity index (χ4v) is 7.95. The average molecular weight is 657 g/mol. The maximum atomic E-state index is 9.92. The summed E-state index contributed by atoms with van der Waals surface area (Å²) >= 11 is 0. The third kappa shape index (κ3) is 29.0. The van der Waals surface area contributed by atoms with Gasteiger partial charge in [-0.05, 0) is 18.3 Å². The highest BCUT2D eigenvalue weighted by molar-refractivity contribution is 7.39. The molecule has 0 saturated carbocycles. The smallest absolute Gasteiger partial charge is 0.327 e. The van der Waals surface area contributed by atoms with E-state index in [1.165, 1.54) is 193 Å². The molecule has 4 heteroatoms.